The Morgan fingerprint density at radius 2 is 1.56 bits per heavy atom. The Hall–Kier alpha value is -2.70. The van der Waals surface area contributed by atoms with Gasteiger partial charge in [0.25, 0.3) is 5.54 Å². The highest BCUT2D eigenvalue weighted by Gasteiger charge is 2.73. The normalized spacial score (nSPS) is 18.3. The summed E-state index contributed by atoms with van der Waals surface area (Å²) in [6.45, 7) is 4.37. The van der Waals surface area contributed by atoms with E-state index in [4.69, 9.17) is 9.47 Å². The lowest BCUT2D eigenvalue weighted by Crippen LogP contribution is -2.79. The number of likely N-dealkylation sites (tertiary alicyclic amines) is 1. The highest BCUT2D eigenvalue weighted by atomic mass is 16.6. The smallest absolute Gasteiger partial charge is 0.345 e. The second kappa shape index (κ2) is 7.46. The van der Waals surface area contributed by atoms with Crippen molar-refractivity contribution in [1.82, 2.24) is 4.90 Å². The van der Waals surface area contributed by atoms with Gasteiger partial charge in [0, 0.05) is 6.54 Å². The first-order valence-corrected chi connectivity index (χ1v) is 8.11. The molecule has 7 nitrogen and oxygen atoms in total. The number of ether oxygens (including phenoxy) is 2. The molecule has 1 aromatic rings. The van der Waals surface area contributed by atoms with Crippen LogP contribution >= 0.6 is 0 Å². The van der Waals surface area contributed by atoms with E-state index in [2.05, 4.69) is 0 Å². The van der Waals surface area contributed by atoms with E-state index < -0.39 is 35.1 Å². The van der Waals surface area contributed by atoms with Gasteiger partial charge in [-0.05, 0) is 26.3 Å². The van der Waals surface area contributed by atoms with Crippen molar-refractivity contribution in [3.05, 3.63) is 35.9 Å². The molecule has 1 fully saturated rings. The van der Waals surface area contributed by atoms with Crippen LogP contribution in [0.1, 0.15) is 26.3 Å². The number of carbonyl (C=O) groups excluding carboxylic acids is 4. The van der Waals surface area contributed by atoms with Crippen LogP contribution in [0, 0.1) is 5.92 Å². The number of esters is 2. The van der Waals surface area contributed by atoms with Gasteiger partial charge >= 0.3 is 11.9 Å². The molecule has 25 heavy (non-hydrogen) atoms. The number of β-lactam (4-membered cyclic amide) rings is 1. The maximum Gasteiger partial charge on any atom is 0.345 e. The lowest BCUT2D eigenvalue weighted by molar-refractivity contribution is -0.205. The molecular weight excluding hydrogens is 326 g/mol. The van der Waals surface area contributed by atoms with Gasteiger partial charge in [0.2, 0.25) is 5.91 Å². The molecule has 1 aliphatic rings. The zero-order valence-corrected chi connectivity index (χ0v) is 14.5. The van der Waals surface area contributed by atoms with E-state index in [1.807, 2.05) is 6.07 Å². The molecule has 1 aromatic carbocycles. The zero-order valence-electron chi connectivity index (χ0n) is 14.5. The molecule has 1 heterocycles. The first kappa shape index (κ1) is 18.6. The van der Waals surface area contributed by atoms with E-state index in [0.29, 0.717) is 0 Å². The van der Waals surface area contributed by atoms with E-state index in [1.165, 1.54) is 6.92 Å². The van der Waals surface area contributed by atoms with E-state index >= 15 is 0 Å². The second-order valence-corrected chi connectivity index (χ2v) is 5.66. The van der Waals surface area contributed by atoms with Crippen LogP contribution in [0.15, 0.2) is 30.3 Å². The number of benzene rings is 1. The lowest BCUT2D eigenvalue weighted by Gasteiger charge is -2.51. The Bertz CT molecular complexity index is 666. The van der Waals surface area contributed by atoms with E-state index in [-0.39, 0.29) is 19.8 Å². The van der Waals surface area contributed by atoms with Crippen LogP contribution in [-0.4, -0.2) is 47.3 Å². The van der Waals surface area contributed by atoms with Crippen LogP contribution in [0.4, 0.5) is 0 Å². The summed E-state index contributed by atoms with van der Waals surface area (Å²) in [5.74, 6) is -4.46. The molecule has 0 aromatic heterocycles. The number of ketones is 1. The molecule has 0 N–H and O–H groups in total. The van der Waals surface area contributed by atoms with Crippen LogP contribution in [0.5, 0.6) is 0 Å². The first-order chi connectivity index (χ1) is 11.9. The average molecular weight is 347 g/mol. The SMILES string of the molecule is CCOC(=O)C1(C(=O)OCC)C(C(C)=O)C(=O)N1Cc1ccccc1. The highest BCUT2D eigenvalue weighted by molar-refractivity contribution is 6.24. The number of carbonyl (C=O) groups is 4. The molecule has 1 saturated heterocycles. The van der Waals surface area contributed by atoms with Crippen molar-refractivity contribution in [1.29, 1.82) is 0 Å². The summed E-state index contributed by atoms with van der Waals surface area (Å²) in [7, 11) is 0. The summed E-state index contributed by atoms with van der Waals surface area (Å²) >= 11 is 0. The van der Waals surface area contributed by atoms with Gasteiger partial charge in [-0.3, -0.25) is 9.59 Å². The molecule has 0 aliphatic carbocycles. The third-order valence-corrected chi connectivity index (χ3v) is 4.12. The minimum Gasteiger partial charge on any atom is -0.464 e. The van der Waals surface area contributed by atoms with Gasteiger partial charge < -0.3 is 14.4 Å². The molecule has 0 radical (unpaired) electrons. The molecule has 134 valence electrons. The molecule has 0 saturated carbocycles. The van der Waals surface area contributed by atoms with Gasteiger partial charge in [-0.1, -0.05) is 30.3 Å². The van der Waals surface area contributed by atoms with E-state index in [1.54, 1.807) is 38.1 Å². The van der Waals surface area contributed by atoms with E-state index in [9.17, 15) is 19.2 Å². The molecule has 0 bridgehead atoms. The van der Waals surface area contributed by atoms with Crippen LogP contribution in [0.25, 0.3) is 0 Å². The number of hydrogen-bond donors (Lipinski definition) is 0. The van der Waals surface area contributed by atoms with Crippen molar-refractivity contribution < 1.29 is 28.7 Å². The molecule has 1 atom stereocenters. The van der Waals surface area contributed by atoms with Gasteiger partial charge in [0.05, 0.1) is 13.2 Å². The fourth-order valence-corrected chi connectivity index (χ4v) is 3.06. The number of Topliss-reactive ketones (excluding diaryl/α,β-unsaturated/α-hetero) is 1. The molecule has 2 rings (SSSR count). The molecular formula is C18H21NO6. The second-order valence-electron chi connectivity index (χ2n) is 5.66. The molecule has 0 spiro atoms. The summed E-state index contributed by atoms with van der Waals surface area (Å²) in [5, 5.41) is 0. The maximum atomic E-state index is 12.7. The van der Waals surface area contributed by atoms with Crippen LogP contribution < -0.4 is 0 Å². The van der Waals surface area contributed by atoms with Gasteiger partial charge in [-0.25, -0.2) is 9.59 Å². The van der Waals surface area contributed by atoms with Gasteiger partial charge in [-0.15, -0.1) is 0 Å². The molecule has 1 amide bonds. The zero-order chi connectivity index (χ0) is 18.6. The largest absolute Gasteiger partial charge is 0.464 e. The molecule has 7 heteroatoms. The summed E-state index contributed by atoms with van der Waals surface area (Å²) in [5.41, 5.74) is -1.35. The standard InChI is InChI=1S/C18H21NO6/c1-4-24-16(22)18(17(23)25-5-2)14(12(3)20)15(21)19(18)11-13-9-7-6-8-10-13/h6-10,14H,4-5,11H2,1-3H3. The predicted octanol–water partition coefficient (Wildman–Crippen LogP) is 1.10. The third kappa shape index (κ3) is 3.01. The van der Waals surface area contributed by atoms with Gasteiger partial charge in [0.15, 0.2) is 0 Å². The summed E-state index contributed by atoms with van der Waals surface area (Å²) in [6.07, 6.45) is 0. The van der Waals surface area contributed by atoms with E-state index in [0.717, 1.165) is 10.5 Å². The Morgan fingerprint density at radius 1 is 1.04 bits per heavy atom. The summed E-state index contributed by atoms with van der Waals surface area (Å²) in [6, 6.07) is 8.88. The Morgan fingerprint density at radius 3 is 2.00 bits per heavy atom. The number of amides is 1. The number of hydrogen-bond acceptors (Lipinski definition) is 6. The molecule has 1 aliphatic heterocycles. The molecule has 1 unspecified atom stereocenters. The quantitative estimate of drug-likeness (QED) is 0.417. The monoisotopic (exact) mass is 347 g/mol. The fraction of sp³-hybridized carbons (Fsp3) is 0.444. The van der Waals surface area contributed by atoms with Gasteiger partial charge in [-0.2, -0.15) is 0 Å². The highest BCUT2D eigenvalue weighted by Crippen LogP contribution is 2.42. The topological polar surface area (TPSA) is 90.0 Å². The Balaban J connectivity index is 2.50. The Labute approximate surface area is 145 Å². The lowest BCUT2D eigenvalue weighted by atomic mass is 9.70. The maximum absolute atomic E-state index is 12.7. The van der Waals surface area contributed by atoms with Crippen molar-refractivity contribution in [2.75, 3.05) is 13.2 Å². The van der Waals surface area contributed by atoms with Crippen LogP contribution in [0.2, 0.25) is 0 Å². The summed E-state index contributed by atoms with van der Waals surface area (Å²) in [4.78, 5) is 50.9. The van der Waals surface area contributed by atoms with Crippen molar-refractivity contribution in [2.24, 2.45) is 5.92 Å². The first-order valence-electron chi connectivity index (χ1n) is 8.11. The van der Waals surface area contributed by atoms with Crippen molar-refractivity contribution in [3.63, 3.8) is 0 Å². The minimum atomic E-state index is -2.06. The van der Waals surface area contributed by atoms with Crippen LogP contribution in [0.3, 0.4) is 0 Å². The van der Waals surface area contributed by atoms with Crippen LogP contribution in [-0.2, 0) is 35.2 Å². The summed E-state index contributed by atoms with van der Waals surface area (Å²) < 4.78 is 10.1. The van der Waals surface area contributed by atoms with Crippen molar-refractivity contribution >= 4 is 23.6 Å². The average Bonchev–Trinajstić information content (AvgIpc) is 2.57. The predicted molar refractivity (Wildman–Crippen MR) is 87.2 cm³/mol. The number of nitrogens with zero attached hydrogens (tertiary/aromatic N) is 1. The fourth-order valence-electron chi connectivity index (χ4n) is 3.06. The Kier molecular flexibility index (Phi) is 5.56. The number of rotatable bonds is 7. The van der Waals surface area contributed by atoms with Gasteiger partial charge in [0.1, 0.15) is 11.7 Å². The van der Waals surface area contributed by atoms with Crippen molar-refractivity contribution in [3.8, 4) is 0 Å². The van der Waals surface area contributed by atoms with Crippen molar-refractivity contribution in [2.45, 2.75) is 32.9 Å². The third-order valence-electron chi connectivity index (χ3n) is 4.12. The minimum absolute atomic E-state index is 0.00107.